The van der Waals surface area contributed by atoms with Crippen molar-refractivity contribution in [1.29, 1.82) is 0 Å². The molecule has 6 aromatic carbocycles. The first kappa shape index (κ1) is 27.0. The predicted octanol–water partition coefficient (Wildman–Crippen LogP) is 7.44. The Balaban J connectivity index is 1.47. The standard InChI is InChI=1S/C38H24N4O4/c43-27-19-15-23(16-20-27)31-29-13-7-8-14-30(29)32(24-17-21-28(44)22-18-24)34-33(31)37(45)42(38(34)46)41-35(25-9-3-1-4-10-25)39-40-36(41)26-11-5-2-6-12-26/h1-22,43-44H. The molecule has 2 N–H and O–H groups in total. The van der Waals surface area contributed by atoms with Gasteiger partial charge in [-0.3, -0.25) is 9.59 Å². The molecule has 2 heterocycles. The molecule has 8 heteroatoms. The highest BCUT2D eigenvalue weighted by atomic mass is 16.3. The molecule has 0 atom stereocenters. The molecule has 46 heavy (non-hydrogen) atoms. The molecule has 0 saturated heterocycles. The molecule has 1 aromatic heterocycles. The summed E-state index contributed by atoms with van der Waals surface area (Å²) >= 11 is 0. The largest absolute Gasteiger partial charge is 0.508 e. The van der Waals surface area contributed by atoms with Gasteiger partial charge in [0.05, 0.1) is 11.1 Å². The van der Waals surface area contributed by atoms with Gasteiger partial charge in [0, 0.05) is 22.3 Å². The van der Waals surface area contributed by atoms with Gasteiger partial charge in [-0.05, 0) is 46.2 Å². The van der Waals surface area contributed by atoms with Gasteiger partial charge in [0.1, 0.15) is 11.5 Å². The molecule has 0 radical (unpaired) electrons. The van der Waals surface area contributed by atoms with Crippen molar-refractivity contribution >= 4 is 22.6 Å². The number of amides is 2. The van der Waals surface area contributed by atoms with Crippen molar-refractivity contribution in [2.45, 2.75) is 0 Å². The van der Waals surface area contributed by atoms with Gasteiger partial charge >= 0.3 is 0 Å². The fourth-order valence-electron chi connectivity index (χ4n) is 6.21. The number of benzene rings is 6. The van der Waals surface area contributed by atoms with Crippen molar-refractivity contribution in [2.24, 2.45) is 0 Å². The molecule has 2 amide bonds. The molecular weight excluding hydrogens is 576 g/mol. The highest BCUT2D eigenvalue weighted by Gasteiger charge is 2.44. The van der Waals surface area contributed by atoms with Crippen LogP contribution in [0.3, 0.4) is 0 Å². The van der Waals surface area contributed by atoms with Crippen LogP contribution in [0.25, 0.3) is 55.8 Å². The molecule has 220 valence electrons. The predicted molar refractivity (Wildman–Crippen MR) is 176 cm³/mol. The van der Waals surface area contributed by atoms with Crippen LogP contribution in [0.1, 0.15) is 20.7 Å². The fraction of sp³-hybridized carbons (Fsp3) is 0. The van der Waals surface area contributed by atoms with Crippen molar-refractivity contribution < 1.29 is 19.8 Å². The topological polar surface area (TPSA) is 109 Å². The molecule has 0 fully saturated rings. The average Bonchev–Trinajstić information content (AvgIpc) is 3.63. The lowest BCUT2D eigenvalue weighted by Crippen LogP contribution is -2.41. The summed E-state index contributed by atoms with van der Waals surface area (Å²) in [6.45, 7) is 0. The van der Waals surface area contributed by atoms with Crippen LogP contribution in [0.2, 0.25) is 0 Å². The van der Waals surface area contributed by atoms with Gasteiger partial charge in [-0.1, -0.05) is 109 Å². The molecule has 1 aliphatic rings. The third kappa shape index (κ3) is 4.16. The number of aromatic nitrogens is 3. The number of hydrogen-bond acceptors (Lipinski definition) is 6. The molecule has 7 aromatic rings. The van der Waals surface area contributed by atoms with E-state index in [1.165, 1.54) is 4.68 Å². The number of imide groups is 1. The number of rotatable bonds is 5. The van der Waals surface area contributed by atoms with E-state index < -0.39 is 11.8 Å². The number of phenols is 2. The minimum atomic E-state index is -0.539. The minimum absolute atomic E-state index is 0.0824. The van der Waals surface area contributed by atoms with Gasteiger partial charge in [0.2, 0.25) is 0 Å². The normalized spacial score (nSPS) is 12.6. The summed E-state index contributed by atoms with van der Waals surface area (Å²) in [6.07, 6.45) is 0. The van der Waals surface area contributed by atoms with Gasteiger partial charge < -0.3 is 10.2 Å². The van der Waals surface area contributed by atoms with E-state index in [1.807, 2.05) is 84.9 Å². The van der Waals surface area contributed by atoms with Crippen molar-refractivity contribution in [1.82, 2.24) is 14.9 Å². The van der Waals surface area contributed by atoms with E-state index in [4.69, 9.17) is 0 Å². The van der Waals surface area contributed by atoms with Gasteiger partial charge in [0.25, 0.3) is 11.8 Å². The summed E-state index contributed by atoms with van der Waals surface area (Å²) in [6, 6.07) is 39.4. The van der Waals surface area contributed by atoms with E-state index in [0.717, 1.165) is 15.8 Å². The maximum Gasteiger partial charge on any atom is 0.281 e. The molecule has 0 saturated carbocycles. The zero-order valence-electron chi connectivity index (χ0n) is 24.2. The molecule has 0 bridgehead atoms. The van der Waals surface area contributed by atoms with E-state index >= 15 is 0 Å². The van der Waals surface area contributed by atoms with Crippen LogP contribution in [0.15, 0.2) is 133 Å². The summed E-state index contributed by atoms with van der Waals surface area (Å²) in [5.41, 5.74) is 4.29. The number of fused-ring (bicyclic) bond motifs is 2. The average molecular weight is 601 g/mol. The van der Waals surface area contributed by atoms with Crippen LogP contribution in [-0.4, -0.2) is 36.9 Å². The Labute approximate surface area is 263 Å². The van der Waals surface area contributed by atoms with E-state index in [1.54, 1.807) is 48.5 Å². The number of nitrogens with zero attached hydrogens (tertiary/aromatic N) is 4. The lowest BCUT2D eigenvalue weighted by Gasteiger charge is -2.20. The number of carbonyl (C=O) groups is 2. The van der Waals surface area contributed by atoms with Gasteiger partial charge in [0.15, 0.2) is 11.6 Å². The minimum Gasteiger partial charge on any atom is -0.508 e. The number of phenolic OH excluding ortho intramolecular Hbond substituents is 2. The molecule has 0 spiro atoms. The van der Waals surface area contributed by atoms with E-state index in [9.17, 15) is 19.8 Å². The van der Waals surface area contributed by atoms with Crippen LogP contribution < -0.4 is 5.01 Å². The van der Waals surface area contributed by atoms with Gasteiger partial charge in [-0.25, -0.2) is 4.68 Å². The summed E-state index contributed by atoms with van der Waals surface area (Å²) in [7, 11) is 0. The molecule has 0 unspecified atom stereocenters. The SMILES string of the molecule is O=C1c2c(c(-c3ccc(O)cc3)c3ccccc3c2-c2ccc(O)cc2)C(=O)N1n1c(-c2ccccc2)nnc1-c1ccccc1. The highest BCUT2D eigenvalue weighted by molar-refractivity contribution is 6.38. The molecular formula is C38H24N4O4. The third-order valence-corrected chi connectivity index (χ3v) is 8.24. The van der Waals surface area contributed by atoms with Crippen molar-refractivity contribution in [2.75, 3.05) is 5.01 Å². The first-order valence-electron chi connectivity index (χ1n) is 14.6. The van der Waals surface area contributed by atoms with E-state index in [2.05, 4.69) is 10.2 Å². The highest BCUT2D eigenvalue weighted by Crippen LogP contribution is 2.46. The lowest BCUT2D eigenvalue weighted by molar-refractivity contribution is 0.0888. The van der Waals surface area contributed by atoms with Crippen molar-refractivity contribution in [3.63, 3.8) is 0 Å². The lowest BCUT2D eigenvalue weighted by atomic mass is 9.84. The smallest absolute Gasteiger partial charge is 0.281 e. The quantitative estimate of drug-likeness (QED) is 0.199. The van der Waals surface area contributed by atoms with Gasteiger partial charge in [-0.2, -0.15) is 5.01 Å². The second-order valence-electron chi connectivity index (χ2n) is 11.0. The molecule has 0 aliphatic carbocycles. The van der Waals surface area contributed by atoms with Gasteiger partial charge in [-0.15, -0.1) is 10.2 Å². The van der Waals surface area contributed by atoms with E-state index in [-0.39, 0.29) is 22.6 Å². The van der Waals surface area contributed by atoms with Crippen molar-refractivity contribution in [3.8, 4) is 56.5 Å². The third-order valence-electron chi connectivity index (χ3n) is 8.24. The van der Waals surface area contributed by atoms with Crippen LogP contribution in [0, 0.1) is 0 Å². The Morgan fingerprint density at radius 1 is 0.413 bits per heavy atom. The first-order chi connectivity index (χ1) is 22.5. The second-order valence-corrected chi connectivity index (χ2v) is 11.0. The van der Waals surface area contributed by atoms with Crippen LogP contribution >= 0.6 is 0 Å². The Morgan fingerprint density at radius 2 is 0.783 bits per heavy atom. The first-order valence-corrected chi connectivity index (χ1v) is 14.6. The molecule has 8 rings (SSSR count). The zero-order valence-corrected chi connectivity index (χ0v) is 24.2. The fourth-order valence-corrected chi connectivity index (χ4v) is 6.21. The number of hydrogen-bond donors (Lipinski definition) is 2. The molecule has 8 nitrogen and oxygen atoms in total. The maximum atomic E-state index is 15.0. The Kier molecular flexibility index (Phi) is 6.21. The summed E-state index contributed by atoms with van der Waals surface area (Å²) in [5.74, 6) is -0.254. The van der Waals surface area contributed by atoms with Crippen LogP contribution in [0.4, 0.5) is 0 Å². The monoisotopic (exact) mass is 600 g/mol. The Morgan fingerprint density at radius 3 is 1.17 bits per heavy atom. The Hall–Kier alpha value is -6.54. The van der Waals surface area contributed by atoms with Crippen molar-refractivity contribution in [3.05, 3.63) is 145 Å². The number of carbonyl (C=O) groups excluding carboxylic acids is 2. The summed E-state index contributed by atoms with van der Waals surface area (Å²) < 4.78 is 1.50. The van der Waals surface area contributed by atoms with Crippen LogP contribution in [0.5, 0.6) is 11.5 Å². The maximum absolute atomic E-state index is 15.0. The number of aromatic hydroxyl groups is 2. The molecule has 1 aliphatic heterocycles. The Bertz CT molecular complexity index is 2140. The van der Waals surface area contributed by atoms with Crippen LogP contribution in [-0.2, 0) is 0 Å². The zero-order chi connectivity index (χ0) is 31.4. The summed E-state index contributed by atoms with van der Waals surface area (Å²) in [4.78, 5) is 29.9. The summed E-state index contributed by atoms with van der Waals surface area (Å²) in [5, 5.41) is 31.8. The van der Waals surface area contributed by atoms with E-state index in [0.29, 0.717) is 45.0 Å². The second kappa shape index (κ2) is 10.6.